The Morgan fingerprint density at radius 2 is 1.60 bits per heavy atom. The highest BCUT2D eigenvalue weighted by Gasteiger charge is 2.40. The van der Waals surface area contributed by atoms with Crippen molar-refractivity contribution in [3.63, 3.8) is 0 Å². The molecule has 3 fully saturated rings. The lowest BCUT2D eigenvalue weighted by Gasteiger charge is -2.41. The Labute approximate surface area is 62.0 Å². The molecule has 1 heteroatoms. The standard InChI is InChI=1S/C9H13N/c10-7-9-4-1-8(2-5-9)3-6-9/h8H,1-6H2. The molecule has 54 valence electrons. The van der Waals surface area contributed by atoms with Crippen molar-refractivity contribution in [2.75, 3.05) is 0 Å². The highest BCUT2D eigenvalue weighted by Crippen LogP contribution is 2.49. The molecule has 3 rings (SSSR count). The largest absolute Gasteiger partial charge is 0.198 e. The van der Waals surface area contributed by atoms with Gasteiger partial charge in [0, 0.05) is 0 Å². The second-order valence-corrected chi connectivity index (χ2v) is 3.87. The zero-order valence-electron chi connectivity index (χ0n) is 6.27. The quantitative estimate of drug-likeness (QED) is 0.500. The SMILES string of the molecule is N#CC12CCC(CC1)CC2. The minimum Gasteiger partial charge on any atom is -0.198 e. The third-order valence-electron chi connectivity index (χ3n) is 3.33. The van der Waals surface area contributed by atoms with Crippen molar-refractivity contribution < 1.29 is 0 Å². The van der Waals surface area contributed by atoms with Crippen LogP contribution in [0.25, 0.3) is 0 Å². The topological polar surface area (TPSA) is 23.8 Å². The molecule has 0 aromatic heterocycles. The predicted octanol–water partition coefficient (Wildman–Crippen LogP) is 2.48. The third kappa shape index (κ3) is 0.751. The van der Waals surface area contributed by atoms with Gasteiger partial charge in [-0.2, -0.15) is 5.26 Å². The van der Waals surface area contributed by atoms with E-state index in [9.17, 15) is 0 Å². The molecule has 0 aromatic carbocycles. The van der Waals surface area contributed by atoms with Crippen LogP contribution in [0, 0.1) is 22.7 Å². The molecule has 2 bridgehead atoms. The van der Waals surface area contributed by atoms with Crippen LogP contribution in [-0.4, -0.2) is 0 Å². The van der Waals surface area contributed by atoms with Gasteiger partial charge in [-0.1, -0.05) is 0 Å². The summed E-state index contributed by atoms with van der Waals surface area (Å²) in [6.45, 7) is 0. The summed E-state index contributed by atoms with van der Waals surface area (Å²) >= 11 is 0. The van der Waals surface area contributed by atoms with E-state index < -0.39 is 0 Å². The van der Waals surface area contributed by atoms with Crippen LogP contribution in [0.1, 0.15) is 38.5 Å². The van der Waals surface area contributed by atoms with Gasteiger partial charge in [0.25, 0.3) is 0 Å². The summed E-state index contributed by atoms with van der Waals surface area (Å²) in [6, 6.07) is 2.50. The molecule has 0 saturated heterocycles. The first-order chi connectivity index (χ1) is 4.85. The normalized spacial score (nSPS) is 44.9. The van der Waals surface area contributed by atoms with Crippen LogP contribution in [-0.2, 0) is 0 Å². The Kier molecular flexibility index (Phi) is 1.23. The van der Waals surface area contributed by atoms with Gasteiger partial charge in [-0.15, -0.1) is 0 Å². The summed E-state index contributed by atoms with van der Waals surface area (Å²) in [7, 11) is 0. The zero-order chi connectivity index (χ0) is 7.03. The van der Waals surface area contributed by atoms with Gasteiger partial charge in [0.2, 0.25) is 0 Å². The molecule has 0 radical (unpaired) electrons. The first kappa shape index (κ1) is 6.22. The van der Waals surface area contributed by atoms with E-state index >= 15 is 0 Å². The molecule has 3 aliphatic rings. The molecule has 0 unspecified atom stereocenters. The zero-order valence-corrected chi connectivity index (χ0v) is 6.27. The summed E-state index contributed by atoms with van der Waals surface area (Å²) in [4.78, 5) is 0. The van der Waals surface area contributed by atoms with Crippen molar-refractivity contribution in [3.8, 4) is 6.07 Å². The van der Waals surface area contributed by atoms with Crippen molar-refractivity contribution in [1.82, 2.24) is 0 Å². The molecule has 3 saturated carbocycles. The van der Waals surface area contributed by atoms with E-state index in [1.165, 1.54) is 38.5 Å². The average molecular weight is 135 g/mol. The Morgan fingerprint density at radius 3 is 1.90 bits per heavy atom. The monoisotopic (exact) mass is 135 g/mol. The van der Waals surface area contributed by atoms with Gasteiger partial charge in [0.15, 0.2) is 0 Å². The van der Waals surface area contributed by atoms with Crippen LogP contribution < -0.4 is 0 Å². The second-order valence-electron chi connectivity index (χ2n) is 3.87. The summed E-state index contributed by atoms with van der Waals surface area (Å²) in [5.74, 6) is 0.982. The molecular formula is C9H13N. The first-order valence-corrected chi connectivity index (χ1v) is 4.26. The van der Waals surface area contributed by atoms with E-state index in [1.807, 2.05) is 0 Å². The molecule has 0 spiro atoms. The Balaban J connectivity index is 2.17. The van der Waals surface area contributed by atoms with Gasteiger partial charge in [0.05, 0.1) is 11.5 Å². The van der Waals surface area contributed by atoms with Gasteiger partial charge in [0.1, 0.15) is 0 Å². The number of fused-ring (bicyclic) bond motifs is 3. The van der Waals surface area contributed by atoms with Crippen LogP contribution in [0.2, 0.25) is 0 Å². The lowest BCUT2D eigenvalue weighted by atomic mass is 9.61. The van der Waals surface area contributed by atoms with Crippen LogP contribution in [0.4, 0.5) is 0 Å². The molecule has 0 N–H and O–H groups in total. The molecule has 10 heavy (non-hydrogen) atoms. The van der Waals surface area contributed by atoms with Crippen LogP contribution >= 0.6 is 0 Å². The van der Waals surface area contributed by atoms with Crippen LogP contribution in [0.15, 0.2) is 0 Å². The fourth-order valence-electron chi connectivity index (χ4n) is 2.42. The molecule has 1 nitrogen and oxygen atoms in total. The Hall–Kier alpha value is -0.510. The van der Waals surface area contributed by atoms with E-state index in [-0.39, 0.29) is 5.41 Å². The van der Waals surface area contributed by atoms with E-state index in [2.05, 4.69) is 6.07 Å². The molecule has 0 atom stereocenters. The maximum absolute atomic E-state index is 8.92. The summed E-state index contributed by atoms with van der Waals surface area (Å²) in [5, 5.41) is 8.92. The summed E-state index contributed by atoms with van der Waals surface area (Å²) in [5.41, 5.74) is 0.134. The number of nitrogens with zero attached hydrogens (tertiary/aromatic N) is 1. The number of hydrogen-bond acceptors (Lipinski definition) is 1. The molecular weight excluding hydrogens is 122 g/mol. The van der Waals surface area contributed by atoms with Crippen molar-refractivity contribution in [2.45, 2.75) is 38.5 Å². The number of rotatable bonds is 0. The van der Waals surface area contributed by atoms with Gasteiger partial charge < -0.3 is 0 Å². The van der Waals surface area contributed by atoms with Crippen LogP contribution in [0.5, 0.6) is 0 Å². The number of nitriles is 1. The lowest BCUT2D eigenvalue weighted by Crippen LogP contribution is -2.32. The molecule has 0 amide bonds. The van der Waals surface area contributed by atoms with Gasteiger partial charge in [-0.25, -0.2) is 0 Å². The lowest BCUT2D eigenvalue weighted by molar-refractivity contribution is 0.117. The molecule has 0 heterocycles. The molecule has 0 aliphatic heterocycles. The van der Waals surface area contributed by atoms with Crippen molar-refractivity contribution in [3.05, 3.63) is 0 Å². The fourth-order valence-corrected chi connectivity index (χ4v) is 2.42. The second kappa shape index (κ2) is 1.99. The van der Waals surface area contributed by atoms with E-state index in [1.54, 1.807) is 0 Å². The minimum absolute atomic E-state index is 0.134. The van der Waals surface area contributed by atoms with Gasteiger partial charge >= 0.3 is 0 Å². The molecule has 0 aromatic rings. The highest BCUT2D eigenvalue weighted by atomic mass is 14.5. The van der Waals surface area contributed by atoms with E-state index in [4.69, 9.17) is 5.26 Å². The van der Waals surface area contributed by atoms with Crippen molar-refractivity contribution in [1.29, 1.82) is 5.26 Å². The van der Waals surface area contributed by atoms with Gasteiger partial charge in [-0.3, -0.25) is 0 Å². The fraction of sp³-hybridized carbons (Fsp3) is 0.889. The van der Waals surface area contributed by atoms with Crippen molar-refractivity contribution in [2.24, 2.45) is 11.3 Å². The highest BCUT2D eigenvalue weighted by molar-refractivity contribution is 5.04. The maximum Gasteiger partial charge on any atom is 0.0689 e. The number of hydrogen-bond donors (Lipinski definition) is 0. The predicted molar refractivity (Wildman–Crippen MR) is 39.2 cm³/mol. The van der Waals surface area contributed by atoms with E-state index in [0.717, 1.165) is 5.92 Å². The summed E-state index contributed by atoms with van der Waals surface area (Å²) in [6.07, 6.45) is 7.55. The Bertz CT molecular complexity index is 156. The molecule has 3 aliphatic carbocycles. The first-order valence-electron chi connectivity index (χ1n) is 4.26. The third-order valence-corrected chi connectivity index (χ3v) is 3.33. The summed E-state index contributed by atoms with van der Waals surface area (Å²) < 4.78 is 0. The Morgan fingerprint density at radius 1 is 1.10 bits per heavy atom. The maximum atomic E-state index is 8.92. The average Bonchev–Trinajstić information content (AvgIpc) is 2.08. The van der Waals surface area contributed by atoms with Gasteiger partial charge in [-0.05, 0) is 44.4 Å². The minimum atomic E-state index is 0.134. The van der Waals surface area contributed by atoms with Crippen LogP contribution in [0.3, 0.4) is 0 Å². The van der Waals surface area contributed by atoms with Crippen molar-refractivity contribution >= 4 is 0 Å². The smallest absolute Gasteiger partial charge is 0.0689 e. The van der Waals surface area contributed by atoms with E-state index in [0.29, 0.717) is 0 Å².